The average molecular weight is 478 g/mol. The van der Waals surface area contributed by atoms with E-state index in [0.717, 1.165) is 18.4 Å². The van der Waals surface area contributed by atoms with Crippen molar-refractivity contribution < 1.29 is 24.2 Å². The van der Waals surface area contributed by atoms with Crippen LogP contribution in [-0.4, -0.2) is 69.4 Å². The van der Waals surface area contributed by atoms with E-state index >= 15 is 0 Å². The fourth-order valence-corrected chi connectivity index (χ4v) is 4.62. The van der Waals surface area contributed by atoms with Gasteiger partial charge in [0.15, 0.2) is 5.75 Å². The third-order valence-electron chi connectivity index (χ3n) is 6.99. The zero-order valence-electron chi connectivity index (χ0n) is 19.6. The summed E-state index contributed by atoms with van der Waals surface area (Å²) < 4.78 is 13.7. The number of likely N-dealkylation sites (tertiary alicyclic amines) is 1. The molecule has 0 spiro atoms. The Kier molecular flexibility index (Phi) is 5.06. The van der Waals surface area contributed by atoms with Gasteiger partial charge in [0, 0.05) is 30.9 Å². The molecule has 6 rings (SSSR count). The van der Waals surface area contributed by atoms with Crippen molar-refractivity contribution >= 4 is 23.1 Å². The number of hydrogen-bond donors (Lipinski definition) is 2. The van der Waals surface area contributed by atoms with Gasteiger partial charge in [-0.15, -0.1) is 0 Å². The topological polar surface area (TPSA) is 109 Å². The van der Waals surface area contributed by atoms with E-state index in [-0.39, 0.29) is 24.0 Å². The number of β-amino-alcohol motifs (C(OH)–C–C–N with tert-alkyl or cyclic N) is 1. The highest BCUT2D eigenvalue weighted by atomic mass is 16.5. The number of hydrogen-bond acceptors (Lipinski definition) is 6. The highest BCUT2D eigenvalue weighted by Crippen LogP contribution is 2.38. The lowest BCUT2D eigenvalue weighted by atomic mass is 9.99. The van der Waals surface area contributed by atoms with E-state index < -0.39 is 6.10 Å². The molecule has 1 aromatic carbocycles. The number of carbonyl (C=O) groups excluding carboxylic acids is 2. The lowest BCUT2D eigenvalue weighted by Gasteiger charge is -2.43. The van der Waals surface area contributed by atoms with Gasteiger partial charge in [0.25, 0.3) is 5.91 Å². The summed E-state index contributed by atoms with van der Waals surface area (Å²) in [6.07, 6.45) is 4.88. The van der Waals surface area contributed by atoms with Crippen molar-refractivity contribution in [3.05, 3.63) is 47.8 Å². The fourth-order valence-electron chi connectivity index (χ4n) is 4.62. The minimum Gasteiger partial charge on any atom is -0.489 e. The Morgan fingerprint density at radius 1 is 1.26 bits per heavy atom. The summed E-state index contributed by atoms with van der Waals surface area (Å²) in [5, 5.41) is 17.2. The fraction of sp³-hybridized carbons (Fsp3) is 0.400. The molecule has 0 bridgehead atoms. The number of rotatable bonds is 4. The average Bonchev–Trinajstić information content (AvgIpc) is 3.61. The van der Waals surface area contributed by atoms with Crippen LogP contribution in [-0.2, 0) is 0 Å². The van der Waals surface area contributed by atoms with Gasteiger partial charge in [0.2, 0.25) is 0 Å². The Labute approximate surface area is 202 Å². The summed E-state index contributed by atoms with van der Waals surface area (Å²) in [5.41, 5.74) is 2.68. The van der Waals surface area contributed by atoms with Crippen LogP contribution in [0.15, 0.2) is 36.7 Å². The van der Waals surface area contributed by atoms with Gasteiger partial charge in [-0.25, -0.2) is 9.31 Å². The van der Waals surface area contributed by atoms with Crippen LogP contribution in [0.25, 0.3) is 5.52 Å². The Morgan fingerprint density at radius 2 is 2.09 bits per heavy atom. The number of nitrogens with one attached hydrogen (secondary N) is 1. The van der Waals surface area contributed by atoms with Crippen LogP contribution >= 0.6 is 0 Å². The molecule has 1 saturated heterocycles. The Hall–Kier alpha value is -3.79. The Morgan fingerprint density at radius 3 is 2.83 bits per heavy atom. The minimum atomic E-state index is -0.491. The number of carbonyl (C=O) groups is 2. The Balaban J connectivity index is 1.27. The van der Waals surface area contributed by atoms with Gasteiger partial charge in [0.05, 0.1) is 36.1 Å². The molecule has 2 fully saturated rings. The minimum absolute atomic E-state index is 0.105. The SMILES string of the molecule is Cc1c(C(=O)N2C[C@H](O)[C@H]2C)cn2nccc(Oc3ccc4c(c3)OCCN4C(=O)NC3CC3)c12. The second kappa shape index (κ2) is 8.16. The zero-order valence-corrected chi connectivity index (χ0v) is 19.6. The normalized spacial score (nSPS) is 21.2. The first-order valence-corrected chi connectivity index (χ1v) is 11.9. The molecule has 3 aliphatic rings. The molecule has 2 atom stereocenters. The zero-order chi connectivity index (χ0) is 24.3. The molecule has 1 aliphatic carbocycles. The van der Waals surface area contributed by atoms with E-state index in [0.29, 0.717) is 53.7 Å². The van der Waals surface area contributed by atoms with Crippen LogP contribution in [0.1, 0.15) is 35.7 Å². The third-order valence-corrected chi connectivity index (χ3v) is 6.99. The molecule has 1 saturated carbocycles. The van der Waals surface area contributed by atoms with Gasteiger partial charge in [-0.3, -0.25) is 9.69 Å². The van der Waals surface area contributed by atoms with Crippen molar-refractivity contribution in [3.63, 3.8) is 0 Å². The number of amides is 3. The van der Waals surface area contributed by atoms with Crippen LogP contribution in [0.2, 0.25) is 0 Å². The molecule has 0 radical (unpaired) electrons. The van der Waals surface area contributed by atoms with Gasteiger partial charge in [0.1, 0.15) is 23.6 Å². The number of urea groups is 1. The van der Waals surface area contributed by atoms with Crippen molar-refractivity contribution in [2.24, 2.45) is 0 Å². The monoisotopic (exact) mass is 477 g/mol. The summed E-state index contributed by atoms with van der Waals surface area (Å²) in [5.74, 6) is 1.54. The van der Waals surface area contributed by atoms with Crippen LogP contribution in [0.3, 0.4) is 0 Å². The third kappa shape index (κ3) is 3.74. The lowest BCUT2D eigenvalue weighted by Crippen LogP contribution is -2.60. The number of aliphatic hydroxyl groups excluding tert-OH is 1. The van der Waals surface area contributed by atoms with E-state index in [2.05, 4.69) is 10.4 Å². The molecule has 2 N–H and O–H groups in total. The van der Waals surface area contributed by atoms with Gasteiger partial charge >= 0.3 is 6.03 Å². The summed E-state index contributed by atoms with van der Waals surface area (Å²) in [6.45, 7) is 4.92. The van der Waals surface area contributed by atoms with E-state index in [1.54, 1.807) is 44.9 Å². The number of aliphatic hydroxyl groups is 1. The number of fused-ring (bicyclic) bond motifs is 2. The molecule has 2 aliphatic heterocycles. The van der Waals surface area contributed by atoms with Crippen LogP contribution < -0.4 is 19.7 Å². The van der Waals surface area contributed by atoms with Crippen molar-refractivity contribution in [3.8, 4) is 17.2 Å². The number of aromatic nitrogens is 2. The molecular formula is C25H27N5O5. The number of benzene rings is 1. The van der Waals surface area contributed by atoms with Crippen LogP contribution in [0.5, 0.6) is 17.2 Å². The molecule has 10 nitrogen and oxygen atoms in total. The molecule has 10 heteroatoms. The van der Waals surface area contributed by atoms with E-state index in [9.17, 15) is 14.7 Å². The van der Waals surface area contributed by atoms with Gasteiger partial charge in [-0.05, 0) is 44.4 Å². The molecule has 3 aromatic rings. The lowest BCUT2D eigenvalue weighted by molar-refractivity contribution is -0.0357. The molecule has 182 valence electrons. The maximum Gasteiger partial charge on any atom is 0.322 e. The number of nitrogens with zero attached hydrogens (tertiary/aromatic N) is 4. The summed E-state index contributed by atoms with van der Waals surface area (Å²) in [7, 11) is 0. The van der Waals surface area contributed by atoms with Crippen molar-refractivity contribution in [2.45, 2.75) is 44.9 Å². The quantitative estimate of drug-likeness (QED) is 0.598. The largest absolute Gasteiger partial charge is 0.489 e. The van der Waals surface area contributed by atoms with Crippen molar-refractivity contribution in [2.75, 3.05) is 24.6 Å². The first-order chi connectivity index (χ1) is 16.9. The molecule has 0 unspecified atom stereocenters. The predicted molar refractivity (Wildman–Crippen MR) is 127 cm³/mol. The van der Waals surface area contributed by atoms with Gasteiger partial charge < -0.3 is 24.8 Å². The highest BCUT2D eigenvalue weighted by Gasteiger charge is 2.38. The van der Waals surface area contributed by atoms with E-state index in [4.69, 9.17) is 9.47 Å². The highest BCUT2D eigenvalue weighted by molar-refractivity contribution is 5.99. The molecule has 4 heterocycles. The number of anilines is 1. The standard InChI is InChI=1S/C25H27N5O5/c1-14-18(24(32)29-13-20(31)15(29)2)12-30-23(14)21(7-8-26-30)35-17-5-6-19-22(11-17)34-10-9-28(19)25(33)27-16-3-4-16/h5-8,11-12,15-16,20,31H,3-4,9-10,13H2,1-2H3,(H,27,33)/t15-,20+/m1/s1. The first-order valence-electron chi connectivity index (χ1n) is 11.9. The predicted octanol–water partition coefficient (Wildman–Crippen LogP) is 2.71. The summed E-state index contributed by atoms with van der Waals surface area (Å²) in [6, 6.07) is 7.11. The van der Waals surface area contributed by atoms with Crippen molar-refractivity contribution in [1.82, 2.24) is 19.8 Å². The number of ether oxygens (including phenoxy) is 2. The summed E-state index contributed by atoms with van der Waals surface area (Å²) >= 11 is 0. The van der Waals surface area contributed by atoms with Crippen LogP contribution in [0.4, 0.5) is 10.5 Å². The maximum absolute atomic E-state index is 13.0. The Bertz CT molecular complexity index is 1330. The second-order valence-corrected chi connectivity index (χ2v) is 9.38. The molecule has 2 aromatic heterocycles. The molecule has 3 amide bonds. The molecule has 35 heavy (non-hydrogen) atoms. The van der Waals surface area contributed by atoms with Crippen LogP contribution in [0, 0.1) is 6.92 Å². The first kappa shape index (κ1) is 21.7. The van der Waals surface area contributed by atoms with Gasteiger partial charge in [-0.2, -0.15) is 5.10 Å². The maximum atomic E-state index is 13.0. The smallest absolute Gasteiger partial charge is 0.322 e. The number of aryl methyl sites for hydroxylation is 1. The summed E-state index contributed by atoms with van der Waals surface area (Å²) in [4.78, 5) is 29.0. The van der Waals surface area contributed by atoms with E-state index in [1.165, 1.54) is 0 Å². The van der Waals surface area contributed by atoms with E-state index in [1.807, 2.05) is 19.9 Å². The van der Waals surface area contributed by atoms with Crippen molar-refractivity contribution in [1.29, 1.82) is 0 Å². The molecular weight excluding hydrogens is 450 g/mol. The van der Waals surface area contributed by atoms with Gasteiger partial charge in [-0.1, -0.05) is 0 Å². The second-order valence-electron chi connectivity index (χ2n) is 9.38.